The van der Waals surface area contributed by atoms with E-state index in [1.54, 1.807) is 0 Å². The minimum Gasteiger partial charge on any atom is -0.355 e. The van der Waals surface area contributed by atoms with E-state index in [-0.39, 0.29) is 24.2 Å². The van der Waals surface area contributed by atoms with Crippen LogP contribution in [-0.2, 0) is 4.79 Å². The van der Waals surface area contributed by atoms with Gasteiger partial charge in [-0.2, -0.15) is 0 Å². The first-order chi connectivity index (χ1) is 11.3. The van der Waals surface area contributed by atoms with Crippen molar-refractivity contribution in [3.8, 4) is 0 Å². The summed E-state index contributed by atoms with van der Waals surface area (Å²) in [6.45, 7) is 4.62. The van der Waals surface area contributed by atoms with Gasteiger partial charge in [-0.25, -0.2) is 0 Å². The Balaban J connectivity index is 0.00000288. The number of amides is 1. The molecule has 1 amide bonds. The van der Waals surface area contributed by atoms with Crippen molar-refractivity contribution in [2.24, 2.45) is 0 Å². The predicted molar refractivity (Wildman–Crippen MR) is 103 cm³/mol. The zero-order chi connectivity index (χ0) is 16.3. The minimum atomic E-state index is 0. The number of nitrogens with one attached hydrogen (secondary N) is 2. The third kappa shape index (κ3) is 6.73. The Morgan fingerprint density at radius 1 is 0.875 bits per heavy atom. The maximum atomic E-state index is 12.3. The summed E-state index contributed by atoms with van der Waals surface area (Å²) in [6.07, 6.45) is 1.58. The van der Waals surface area contributed by atoms with E-state index < -0.39 is 0 Å². The van der Waals surface area contributed by atoms with Crippen LogP contribution in [0.25, 0.3) is 0 Å². The van der Waals surface area contributed by atoms with Gasteiger partial charge in [0.25, 0.3) is 0 Å². The molecule has 0 spiro atoms. The number of halogens is 1. The summed E-state index contributed by atoms with van der Waals surface area (Å²) in [4.78, 5) is 12.3. The normalized spacial score (nSPS) is 10.2. The zero-order valence-corrected chi connectivity index (χ0v) is 15.0. The first kappa shape index (κ1) is 20.2. The first-order valence-corrected chi connectivity index (χ1v) is 8.38. The number of carbonyl (C=O) groups excluding carboxylic acids is 1. The molecule has 0 heterocycles. The van der Waals surface area contributed by atoms with Gasteiger partial charge in [0, 0.05) is 25.4 Å². The lowest BCUT2D eigenvalue weighted by Gasteiger charge is -2.18. The molecule has 0 fully saturated rings. The third-order valence-electron chi connectivity index (χ3n) is 3.84. The molecule has 0 aliphatic rings. The molecule has 4 heteroatoms. The van der Waals surface area contributed by atoms with E-state index in [9.17, 15) is 4.79 Å². The molecule has 0 aliphatic heterocycles. The van der Waals surface area contributed by atoms with Crippen molar-refractivity contribution in [2.75, 3.05) is 19.6 Å². The van der Waals surface area contributed by atoms with E-state index in [1.165, 1.54) is 11.1 Å². The third-order valence-corrected chi connectivity index (χ3v) is 3.84. The molecule has 0 saturated heterocycles. The molecule has 0 atom stereocenters. The molecule has 0 bridgehead atoms. The van der Waals surface area contributed by atoms with Gasteiger partial charge in [-0.15, -0.1) is 12.4 Å². The minimum absolute atomic E-state index is 0. The first-order valence-electron chi connectivity index (χ1n) is 8.38. The van der Waals surface area contributed by atoms with Crippen LogP contribution in [0.2, 0.25) is 0 Å². The Morgan fingerprint density at radius 2 is 1.42 bits per heavy atom. The average Bonchev–Trinajstić information content (AvgIpc) is 2.61. The van der Waals surface area contributed by atoms with Crippen molar-refractivity contribution in [1.82, 2.24) is 10.6 Å². The average molecular weight is 347 g/mol. The van der Waals surface area contributed by atoms with Gasteiger partial charge in [0.2, 0.25) is 5.91 Å². The van der Waals surface area contributed by atoms with Crippen molar-refractivity contribution in [1.29, 1.82) is 0 Å². The van der Waals surface area contributed by atoms with E-state index in [0.29, 0.717) is 13.0 Å². The second kappa shape index (κ2) is 11.7. The van der Waals surface area contributed by atoms with Crippen LogP contribution in [0.1, 0.15) is 36.8 Å². The highest BCUT2D eigenvalue weighted by Gasteiger charge is 2.17. The van der Waals surface area contributed by atoms with Crippen LogP contribution in [0.3, 0.4) is 0 Å². The van der Waals surface area contributed by atoms with Gasteiger partial charge in [0.15, 0.2) is 0 Å². The van der Waals surface area contributed by atoms with E-state index in [1.807, 2.05) is 36.4 Å². The molecule has 3 nitrogen and oxygen atoms in total. The number of hydrogen-bond acceptors (Lipinski definition) is 2. The van der Waals surface area contributed by atoms with Crippen LogP contribution < -0.4 is 10.6 Å². The number of rotatable bonds is 9. The van der Waals surface area contributed by atoms with Crippen LogP contribution in [-0.4, -0.2) is 25.5 Å². The molecule has 2 aromatic carbocycles. The van der Waals surface area contributed by atoms with Gasteiger partial charge >= 0.3 is 0 Å². The summed E-state index contributed by atoms with van der Waals surface area (Å²) in [6, 6.07) is 20.5. The second-order valence-corrected chi connectivity index (χ2v) is 5.68. The summed E-state index contributed by atoms with van der Waals surface area (Å²) >= 11 is 0. The molecule has 0 unspecified atom stereocenters. The van der Waals surface area contributed by atoms with Gasteiger partial charge in [0.05, 0.1) is 0 Å². The number of benzene rings is 2. The van der Waals surface area contributed by atoms with Gasteiger partial charge in [-0.05, 0) is 24.1 Å². The van der Waals surface area contributed by atoms with E-state index in [2.05, 4.69) is 41.8 Å². The van der Waals surface area contributed by atoms with Gasteiger partial charge in [-0.3, -0.25) is 4.79 Å². The quantitative estimate of drug-likeness (QED) is 0.679. The van der Waals surface area contributed by atoms with Crippen molar-refractivity contribution < 1.29 is 4.79 Å². The van der Waals surface area contributed by atoms with Gasteiger partial charge in [0.1, 0.15) is 0 Å². The molecule has 0 radical (unpaired) electrons. The maximum absolute atomic E-state index is 12.3. The van der Waals surface area contributed by atoms with Crippen LogP contribution in [0.5, 0.6) is 0 Å². The lowest BCUT2D eigenvalue weighted by Crippen LogP contribution is -2.32. The lowest BCUT2D eigenvalue weighted by atomic mass is 9.88. The summed E-state index contributed by atoms with van der Waals surface area (Å²) in [5.74, 6) is 0.196. The SMILES string of the molecule is CCCNCCNC(=O)CC(c1ccccc1)c1ccccc1.Cl. The largest absolute Gasteiger partial charge is 0.355 e. The molecular formula is C20H27ClN2O. The Hall–Kier alpha value is -1.84. The van der Waals surface area contributed by atoms with E-state index in [0.717, 1.165) is 19.5 Å². The summed E-state index contributed by atoms with van der Waals surface area (Å²) < 4.78 is 0. The molecule has 0 aromatic heterocycles. The van der Waals surface area contributed by atoms with Crippen LogP contribution in [0.4, 0.5) is 0 Å². The number of hydrogen-bond donors (Lipinski definition) is 2. The van der Waals surface area contributed by atoms with Crippen LogP contribution >= 0.6 is 12.4 Å². The van der Waals surface area contributed by atoms with E-state index in [4.69, 9.17) is 0 Å². The zero-order valence-electron chi connectivity index (χ0n) is 14.2. The fourth-order valence-electron chi connectivity index (χ4n) is 2.65. The van der Waals surface area contributed by atoms with Crippen molar-refractivity contribution in [3.63, 3.8) is 0 Å². The standard InChI is InChI=1S/C20H26N2O.ClH/c1-2-13-21-14-15-22-20(23)16-19(17-9-5-3-6-10-17)18-11-7-4-8-12-18;/h3-12,19,21H,2,13-16H2,1H3,(H,22,23);1H. The molecule has 2 aromatic rings. The Kier molecular flexibility index (Phi) is 9.81. The maximum Gasteiger partial charge on any atom is 0.220 e. The van der Waals surface area contributed by atoms with Gasteiger partial charge < -0.3 is 10.6 Å². The lowest BCUT2D eigenvalue weighted by molar-refractivity contribution is -0.121. The molecule has 2 rings (SSSR count). The molecule has 130 valence electrons. The Bertz CT molecular complexity index is 535. The highest BCUT2D eigenvalue weighted by atomic mass is 35.5. The van der Waals surface area contributed by atoms with Crippen LogP contribution in [0, 0.1) is 0 Å². The van der Waals surface area contributed by atoms with Crippen LogP contribution in [0.15, 0.2) is 60.7 Å². The highest BCUT2D eigenvalue weighted by molar-refractivity contribution is 5.85. The highest BCUT2D eigenvalue weighted by Crippen LogP contribution is 2.27. The summed E-state index contributed by atoms with van der Waals surface area (Å²) in [7, 11) is 0. The molecule has 0 saturated carbocycles. The van der Waals surface area contributed by atoms with Crippen molar-refractivity contribution in [2.45, 2.75) is 25.7 Å². The van der Waals surface area contributed by atoms with E-state index >= 15 is 0 Å². The molecule has 24 heavy (non-hydrogen) atoms. The fourth-order valence-corrected chi connectivity index (χ4v) is 2.65. The summed E-state index contributed by atoms with van der Waals surface area (Å²) in [5, 5.41) is 6.30. The second-order valence-electron chi connectivity index (χ2n) is 5.68. The monoisotopic (exact) mass is 346 g/mol. The van der Waals surface area contributed by atoms with Crippen molar-refractivity contribution >= 4 is 18.3 Å². The molecule has 0 aliphatic carbocycles. The Morgan fingerprint density at radius 3 is 1.92 bits per heavy atom. The molecular weight excluding hydrogens is 320 g/mol. The number of carbonyl (C=O) groups is 1. The smallest absolute Gasteiger partial charge is 0.220 e. The topological polar surface area (TPSA) is 41.1 Å². The summed E-state index contributed by atoms with van der Waals surface area (Å²) in [5.41, 5.74) is 2.36. The Labute approximate surface area is 151 Å². The fraction of sp³-hybridized carbons (Fsp3) is 0.350. The van der Waals surface area contributed by atoms with Gasteiger partial charge in [-0.1, -0.05) is 67.6 Å². The van der Waals surface area contributed by atoms with Crippen molar-refractivity contribution in [3.05, 3.63) is 71.8 Å². The predicted octanol–water partition coefficient (Wildman–Crippen LogP) is 3.75. The molecule has 2 N–H and O–H groups in total.